The predicted octanol–water partition coefficient (Wildman–Crippen LogP) is 5.04. The van der Waals surface area contributed by atoms with Crippen LogP contribution in [-0.2, 0) is 0 Å². The van der Waals surface area contributed by atoms with Crippen molar-refractivity contribution in [2.45, 2.75) is 38.9 Å². The van der Waals surface area contributed by atoms with Crippen molar-refractivity contribution in [3.63, 3.8) is 0 Å². The molecule has 0 bridgehead atoms. The van der Waals surface area contributed by atoms with Crippen LogP contribution < -0.4 is 15.0 Å². The number of pyridine rings is 1. The van der Waals surface area contributed by atoms with E-state index < -0.39 is 0 Å². The molecule has 3 aromatic rings. The van der Waals surface area contributed by atoms with Crippen molar-refractivity contribution in [1.82, 2.24) is 14.9 Å². The van der Waals surface area contributed by atoms with E-state index in [0.717, 1.165) is 17.1 Å². The van der Waals surface area contributed by atoms with E-state index >= 15 is 0 Å². The molecule has 0 spiro atoms. The van der Waals surface area contributed by atoms with Crippen LogP contribution in [0, 0.1) is 0 Å². The third kappa shape index (κ3) is 3.72. The molecule has 6 heteroatoms. The summed E-state index contributed by atoms with van der Waals surface area (Å²) in [6.07, 6.45) is 3.96. The molecule has 2 atom stereocenters. The van der Waals surface area contributed by atoms with E-state index in [2.05, 4.69) is 70.1 Å². The minimum Gasteiger partial charge on any atom is -0.494 e. The summed E-state index contributed by atoms with van der Waals surface area (Å²) in [6, 6.07) is 18.7. The zero-order chi connectivity index (χ0) is 20.4. The number of thiocarbonyl (C=S) groups is 1. The average molecular weight is 407 g/mol. The van der Waals surface area contributed by atoms with Crippen molar-refractivity contribution in [1.29, 1.82) is 0 Å². The highest BCUT2D eigenvalue weighted by molar-refractivity contribution is 7.80. The molecular weight excluding hydrogens is 380 g/mol. The fourth-order valence-corrected chi connectivity index (χ4v) is 4.28. The van der Waals surface area contributed by atoms with Crippen molar-refractivity contribution in [2.24, 2.45) is 0 Å². The molecule has 0 unspecified atom stereocenters. The van der Waals surface area contributed by atoms with Gasteiger partial charge in [-0.25, -0.2) is 0 Å². The number of aromatic nitrogens is 2. The second-order valence-electron chi connectivity index (χ2n) is 7.36. The van der Waals surface area contributed by atoms with E-state index in [9.17, 15) is 0 Å². The van der Waals surface area contributed by atoms with Gasteiger partial charge in [-0.15, -0.1) is 0 Å². The van der Waals surface area contributed by atoms with Gasteiger partial charge in [0.25, 0.3) is 0 Å². The Hall–Kier alpha value is -2.86. The standard InChI is InChI=1S/C23H26N4OS/c1-4-28-18-12-10-17(11-13-18)27-22(20-9-7-15-26(20)16(2)3)21(25-23(27)29)19-8-5-6-14-24-19/h5-16,21-22H,4H2,1-3H3,(H,25,29)/t21-,22-/m1/s1. The van der Waals surface area contributed by atoms with Gasteiger partial charge in [0, 0.05) is 29.8 Å². The number of hydrogen-bond donors (Lipinski definition) is 1. The van der Waals surface area contributed by atoms with Crippen LogP contribution in [0.25, 0.3) is 0 Å². The van der Waals surface area contributed by atoms with Crippen LogP contribution in [0.5, 0.6) is 5.75 Å². The summed E-state index contributed by atoms with van der Waals surface area (Å²) in [7, 11) is 0. The first-order valence-corrected chi connectivity index (χ1v) is 10.4. The molecule has 1 aromatic carbocycles. The average Bonchev–Trinajstić information content (AvgIpc) is 3.34. The Morgan fingerprint density at radius 2 is 1.90 bits per heavy atom. The van der Waals surface area contributed by atoms with E-state index in [0.29, 0.717) is 17.8 Å². The Morgan fingerprint density at radius 3 is 2.55 bits per heavy atom. The predicted molar refractivity (Wildman–Crippen MR) is 120 cm³/mol. The largest absolute Gasteiger partial charge is 0.494 e. The maximum absolute atomic E-state index is 5.79. The van der Waals surface area contributed by atoms with Gasteiger partial charge in [0.05, 0.1) is 18.3 Å². The summed E-state index contributed by atoms with van der Waals surface area (Å²) in [5, 5.41) is 4.21. The Kier molecular flexibility index (Phi) is 5.53. The van der Waals surface area contributed by atoms with Crippen molar-refractivity contribution in [3.8, 4) is 5.75 Å². The Balaban J connectivity index is 1.80. The molecule has 1 aliphatic heterocycles. The highest BCUT2D eigenvalue weighted by Gasteiger charge is 2.42. The maximum Gasteiger partial charge on any atom is 0.174 e. The van der Waals surface area contributed by atoms with E-state index in [-0.39, 0.29) is 12.1 Å². The van der Waals surface area contributed by atoms with Gasteiger partial charge < -0.3 is 19.5 Å². The van der Waals surface area contributed by atoms with Crippen LogP contribution in [0.3, 0.4) is 0 Å². The molecule has 0 saturated carbocycles. The molecule has 150 valence electrons. The summed E-state index contributed by atoms with van der Waals surface area (Å²) < 4.78 is 7.91. The fourth-order valence-electron chi connectivity index (χ4n) is 3.93. The van der Waals surface area contributed by atoms with Crippen molar-refractivity contribution >= 4 is 23.0 Å². The van der Waals surface area contributed by atoms with Crippen molar-refractivity contribution in [2.75, 3.05) is 11.5 Å². The fraction of sp³-hybridized carbons (Fsp3) is 0.304. The SMILES string of the molecule is CCOc1ccc(N2C(=S)N[C@H](c3ccccn3)[C@H]2c2cccn2C(C)C)cc1. The normalized spacial score (nSPS) is 18.9. The maximum atomic E-state index is 5.79. The van der Waals surface area contributed by atoms with Gasteiger partial charge in [0.15, 0.2) is 5.11 Å². The molecule has 1 fully saturated rings. The molecule has 4 rings (SSSR count). The lowest BCUT2D eigenvalue weighted by Crippen LogP contribution is -2.30. The van der Waals surface area contributed by atoms with Gasteiger partial charge in [-0.2, -0.15) is 0 Å². The van der Waals surface area contributed by atoms with E-state index in [1.807, 2.05) is 37.4 Å². The molecule has 1 N–H and O–H groups in total. The molecule has 3 heterocycles. The molecule has 5 nitrogen and oxygen atoms in total. The zero-order valence-electron chi connectivity index (χ0n) is 16.9. The zero-order valence-corrected chi connectivity index (χ0v) is 17.8. The Labute approximate surface area is 177 Å². The minimum absolute atomic E-state index is 0.00672. The van der Waals surface area contributed by atoms with Crippen molar-refractivity contribution < 1.29 is 4.74 Å². The molecule has 1 aliphatic rings. The quantitative estimate of drug-likeness (QED) is 0.581. The smallest absolute Gasteiger partial charge is 0.174 e. The van der Waals surface area contributed by atoms with Gasteiger partial charge in [-0.1, -0.05) is 6.07 Å². The highest BCUT2D eigenvalue weighted by Crippen LogP contribution is 2.42. The lowest BCUT2D eigenvalue weighted by atomic mass is 10.0. The number of hydrogen-bond acceptors (Lipinski definition) is 3. The Bertz CT molecular complexity index is 968. The molecule has 29 heavy (non-hydrogen) atoms. The summed E-state index contributed by atoms with van der Waals surface area (Å²) >= 11 is 5.79. The van der Waals surface area contributed by atoms with Gasteiger partial charge in [0.2, 0.25) is 0 Å². The van der Waals surface area contributed by atoms with Crippen LogP contribution in [0.4, 0.5) is 5.69 Å². The summed E-state index contributed by atoms with van der Waals surface area (Å²) in [4.78, 5) is 6.81. The van der Waals surface area contributed by atoms with Crippen molar-refractivity contribution in [3.05, 3.63) is 78.4 Å². The third-order valence-electron chi connectivity index (χ3n) is 5.20. The number of benzene rings is 1. The molecular formula is C23H26N4OS. The summed E-state index contributed by atoms with van der Waals surface area (Å²) in [5.41, 5.74) is 3.22. The third-order valence-corrected chi connectivity index (χ3v) is 5.51. The van der Waals surface area contributed by atoms with E-state index in [1.165, 1.54) is 5.69 Å². The van der Waals surface area contributed by atoms with Crippen LogP contribution in [-0.4, -0.2) is 21.3 Å². The van der Waals surface area contributed by atoms with Crippen LogP contribution in [0.1, 0.15) is 50.3 Å². The number of ether oxygens (including phenoxy) is 1. The van der Waals surface area contributed by atoms with Gasteiger partial charge in [0.1, 0.15) is 11.8 Å². The molecule has 0 amide bonds. The van der Waals surface area contributed by atoms with E-state index in [1.54, 1.807) is 0 Å². The van der Waals surface area contributed by atoms with Crippen LogP contribution in [0.15, 0.2) is 67.0 Å². The summed E-state index contributed by atoms with van der Waals surface area (Å²) in [6.45, 7) is 7.03. The lowest BCUT2D eigenvalue weighted by molar-refractivity contribution is 0.340. The second kappa shape index (κ2) is 8.25. The first-order chi connectivity index (χ1) is 14.1. The number of rotatable bonds is 6. The van der Waals surface area contributed by atoms with Gasteiger partial charge >= 0.3 is 0 Å². The Morgan fingerprint density at radius 1 is 1.10 bits per heavy atom. The topological polar surface area (TPSA) is 42.3 Å². The van der Waals surface area contributed by atoms with Crippen LogP contribution >= 0.6 is 12.2 Å². The lowest BCUT2D eigenvalue weighted by Gasteiger charge is -2.30. The summed E-state index contributed by atoms with van der Waals surface area (Å²) in [5.74, 6) is 0.859. The monoisotopic (exact) mass is 406 g/mol. The van der Waals surface area contributed by atoms with Crippen LogP contribution in [0.2, 0.25) is 0 Å². The number of nitrogens with zero attached hydrogens (tertiary/aromatic N) is 3. The molecule has 1 saturated heterocycles. The van der Waals surface area contributed by atoms with Gasteiger partial charge in [-0.3, -0.25) is 4.98 Å². The first kappa shape index (κ1) is 19.5. The number of nitrogens with one attached hydrogen (secondary N) is 1. The highest BCUT2D eigenvalue weighted by atomic mass is 32.1. The minimum atomic E-state index is -0.0392. The molecule has 0 aliphatic carbocycles. The molecule has 2 aromatic heterocycles. The second-order valence-corrected chi connectivity index (χ2v) is 7.74. The van der Waals surface area contributed by atoms with Gasteiger partial charge in [-0.05, 0) is 81.5 Å². The van der Waals surface area contributed by atoms with E-state index in [4.69, 9.17) is 17.0 Å². The first-order valence-electron chi connectivity index (χ1n) is 10.0. The molecule has 0 radical (unpaired) electrons. The number of anilines is 1.